The van der Waals surface area contributed by atoms with E-state index in [9.17, 15) is 0 Å². The summed E-state index contributed by atoms with van der Waals surface area (Å²) in [5.74, 6) is 0. The minimum atomic E-state index is 0.165. The van der Waals surface area contributed by atoms with Crippen molar-refractivity contribution in [3.63, 3.8) is 0 Å². The van der Waals surface area contributed by atoms with Gasteiger partial charge in [0.2, 0.25) is 0 Å². The van der Waals surface area contributed by atoms with Crippen molar-refractivity contribution < 1.29 is 0 Å². The molecule has 0 amide bonds. The normalized spacial score (nSPS) is 19.5. The maximum atomic E-state index is 6.32. The molecule has 118 valence electrons. The molecule has 0 aliphatic heterocycles. The van der Waals surface area contributed by atoms with Gasteiger partial charge in [0, 0.05) is 17.3 Å². The first-order valence-corrected chi connectivity index (χ1v) is 9.77. The van der Waals surface area contributed by atoms with Crippen molar-refractivity contribution in [1.29, 1.82) is 0 Å². The van der Waals surface area contributed by atoms with E-state index in [1.807, 2.05) is 23.9 Å². The Labute approximate surface area is 147 Å². The van der Waals surface area contributed by atoms with Crippen LogP contribution in [0.1, 0.15) is 50.6 Å². The van der Waals surface area contributed by atoms with E-state index in [0.29, 0.717) is 19.8 Å². The zero-order valence-corrected chi connectivity index (χ0v) is 15.6. The van der Waals surface area contributed by atoms with Crippen LogP contribution in [0.2, 0.25) is 15.1 Å². The first-order valence-electron chi connectivity index (χ1n) is 7.41. The van der Waals surface area contributed by atoms with E-state index in [1.165, 1.54) is 32.1 Å². The van der Waals surface area contributed by atoms with Crippen LogP contribution in [0.25, 0.3) is 0 Å². The van der Waals surface area contributed by atoms with Gasteiger partial charge in [-0.3, -0.25) is 0 Å². The maximum Gasteiger partial charge on any atom is 0.0781 e. The van der Waals surface area contributed by atoms with Gasteiger partial charge in [-0.25, -0.2) is 0 Å². The smallest absolute Gasteiger partial charge is 0.0781 e. The van der Waals surface area contributed by atoms with Gasteiger partial charge >= 0.3 is 0 Å². The second-order valence-electron chi connectivity index (χ2n) is 5.81. The fourth-order valence-corrected chi connectivity index (χ4v) is 4.60. The fourth-order valence-electron chi connectivity index (χ4n) is 2.97. The highest BCUT2D eigenvalue weighted by atomic mass is 35.5. The molecule has 1 fully saturated rings. The van der Waals surface area contributed by atoms with Crippen molar-refractivity contribution in [3.8, 4) is 0 Å². The van der Waals surface area contributed by atoms with Gasteiger partial charge in [0.25, 0.3) is 0 Å². The Morgan fingerprint density at radius 3 is 2.43 bits per heavy atom. The molecule has 1 unspecified atom stereocenters. The highest BCUT2D eigenvalue weighted by Crippen LogP contribution is 2.39. The van der Waals surface area contributed by atoms with Gasteiger partial charge in [-0.15, -0.1) is 0 Å². The SMILES string of the molecule is CSC1(CNC(C)c2ccc(Cl)c(Cl)c2Cl)CCCCC1. The summed E-state index contributed by atoms with van der Waals surface area (Å²) in [6.07, 6.45) is 8.86. The Balaban J connectivity index is 2.04. The molecule has 1 N–H and O–H groups in total. The van der Waals surface area contributed by atoms with Gasteiger partial charge in [-0.1, -0.05) is 60.1 Å². The van der Waals surface area contributed by atoms with E-state index in [1.54, 1.807) is 0 Å². The average Bonchev–Trinajstić information content (AvgIpc) is 2.51. The van der Waals surface area contributed by atoms with E-state index >= 15 is 0 Å². The molecule has 1 atom stereocenters. The molecule has 0 heterocycles. The van der Waals surface area contributed by atoms with E-state index in [4.69, 9.17) is 34.8 Å². The summed E-state index contributed by atoms with van der Waals surface area (Å²) in [5.41, 5.74) is 1.01. The zero-order chi connectivity index (χ0) is 15.5. The predicted octanol–water partition coefficient (Wildman–Crippen LogP) is 6.36. The number of thioether (sulfide) groups is 1. The number of rotatable bonds is 5. The summed E-state index contributed by atoms with van der Waals surface area (Å²) < 4.78 is 0.370. The van der Waals surface area contributed by atoms with Crippen LogP contribution in [0.4, 0.5) is 0 Å². The summed E-state index contributed by atoms with van der Waals surface area (Å²) in [6, 6.07) is 3.94. The Bertz CT molecular complexity index is 487. The Kier molecular flexibility index (Phi) is 6.58. The van der Waals surface area contributed by atoms with Crippen molar-refractivity contribution in [2.45, 2.75) is 49.8 Å². The molecule has 1 aromatic rings. The van der Waals surface area contributed by atoms with Crippen LogP contribution < -0.4 is 5.32 Å². The summed E-state index contributed by atoms with van der Waals surface area (Å²) >= 11 is 20.4. The molecule has 0 radical (unpaired) electrons. The number of halogens is 3. The second kappa shape index (κ2) is 7.79. The van der Waals surface area contributed by atoms with Crippen LogP contribution in [0.15, 0.2) is 12.1 Å². The number of hydrogen-bond donors (Lipinski definition) is 1. The standard InChI is InChI=1S/C16H22Cl3NS/c1-11(12-6-7-13(17)15(19)14(12)18)20-10-16(21-2)8-4-3-5-9-16/h6-7,11,20H,3-5,8-10H2,1-2H3. The van der Waals surface area contributed by atoms with Crippen LogP contribution >= 0.6 is 46.6 Å². The minimum absolute atomic E-state index is 0.165. The molecule has 1 saturated carbocycles. The first kappa shape index (κ1) is 17.7. The highest BCUT2D eigenvalue weighted by molar-refractivity contribution is 8.00. The molecule has 21 heavy (non-hydrogen) atoms. The molecule has 2 rings (SSSR count). The summed E-state index contributed by atoms with van der Waals surface area (Å²) in [6.45, 7) is 3.13. The van der Waals surface area contributed by atoms with Crippen molar-refractivity contribution in [1.82, 2.24) is 5.32 Å². The Hall–Kier alpha value is 0.400. The minimum Gasteiger partial charge on any atom is -0.309 e. The molecule has 0 spiro atoms. The van der Waals surface area contributed by atoms with Gasteiger partial charge in [-0.2, -0.15) is 11.8 Å². The van der Waals surface area contributed by atoms with E-state index < -0.39 is 0 Å². The number of hydrogen-bond acceptors (Lipinski definition) is 2. The van der Waals surface area contributed by atoms with Crippen LogP contribution in [0, 0.1) is 0 Å². The summed E-state index contributed by atoms with van der Waals surface area (Å²) in [4.78, 5) is 0. The lowest BCUT2D eigenvalue weighted by Gasteiger charge is -2.37. The van der Waals surface area contributed by atoms with Crippen molar-refractivity contribution in [3.05, 3.63) is 32.8 Å². The van der Waals surface area contributed by atoms with Crippen LogP contribution in [0.5, 0.6) is 0 Å². The monoisotopic (exact) mass is 365 g/mol. The van der Waals surface area contributed by atoms with E-state index in [0.717, 1.165) is 12.1 Å². The van der Waals surface area contributed by atoms with E-state index in [2.05, 4.69) is 18.5 Å². The summed E-state index contributed by atoms with van der Waals surface area (Å²) in [7, 11) is 0. The van der Waals surface area contributed by atoms with Gasteiger partial charge in [0.1, 0.15) is 0 Å². The van der Waals surface area contributed by atoms with Crippen LogP contribution in [-0.2, 0) is 0 Å². The molecule has 1 nitrogen and oxygen atoms in total. The van der Waals surface area contributed by atoms with E-state index in [-0.39, 0.29) is 6.04 Å². The average molecular weight is 367 g/mol. The lowest BCUT2D eigenvalue weighted by atomic mass is 9.88. The molecular weight excluding hydrogens is 345 g/mol. The largest absolute Gasteiger partial charge is 0.309 e. The third kappa shape index (κ3) is 4.23. The van der Waals surface area contributed by atoms with Crippen molar-refractivity contribution in [2.75, 3.05) is 12.8 Å². The molecule has 0 bridgehead atoms. The van der Waals surface area contributed by atoms with Crippen LogP contribution in [0.3, 0.4) is 0 Å². The molecule has 0 saturated heterocycles. The number of nitrogens with one attached hydrogen (secondary N) is 1. The predicted molar refractivity (Wildman–Crippen MR) is 97.2 cm³/mol. The Morgan fingerprint density at radius 2 is 1.81 bits per heavy atom. The molecule has 1 aliphatic rings. The van der Waals surface area contributed by atoms with Crippen molar-refractivity contribution in [2.24, 2.45) is 0 Å². The van der Waals surface area contributed by atoms with Gasteiger partial charge in [-0.05, 0) is 37.7 Å². The highest BCUT2D eigenvalue weighted by Gasteiger charge is 2.31. The third-order valence-electron chi connectivity index (χ3n) is 4.46. The third-order valence-corrected chi connectivity index (χ3v) is 7.19. The van der Waals surface area contributed by atoms with Gasteiger partial charge in [0.15, 0.2) is 0 Å². The zero-order valence-electron chi connectivity index (χ0n) is 12.5. The fraction of sp³-hybridized carbons (Fsp3) is 0.625. The molecular formula is C16H22Cl3NS. The summed E-state index contributed by atoms with van der Waals surface area (Å²) in [5, 5.41) is 5.15. The second-order valence-corrected chi connectivity index (χ2v) is 8.25. The molecule has 1 aromatic carbocycles. The maximum absolute atomic E-state index is 6.32. The van der Waals surface area contributed by atoms with Gasteiger partial charge < -0.3 is 5.32 Å². The van der Waals surface area contributed by atoms with Crippen LogP contribution in [-0.4, -0.2) is 17.5 Å². The molecule has 0 aromatic heterocycles. The lowest BCUT2D eigenvalue weighted by Crippen LogP contribution is -2.40. The molecule has 1 aliphatic carbocycles. The topological polar surface area (TPSA) is 12.0 Å². The van der Waals surface area contributed by atoms with Crippen molar-refractivity contribution >= 4 is 46.6 Å². The Morgan fingerprint density at radius 1 is 1.14 bits per heavy atom. The first-order chi connectivity index (χ1) is 9.99. The molecule has 5 heteroatoms. The quantitative estimate of drug-likeness (QED) is 0.608. The number of benzene rings is 1. The van der Waals surface area contributed by atoms with Gasteiger partial charge in [0.05, 0.1) is 15.1 Å². The lowest BCUT2D eigenvalue weighted by molar-refractivity contribution is 0.367.